The van der Waals surface area contributed by atoms with E-state index in [0.29, 0.717) is 24.3 Å². The number of aromatic nitrogens is 2. The minimum Gasteiger partial charge on any atom is -0.339 e. The summed E-state index contributed by atoms with van der Waals surface area (Å²) in [6.07, 6.45) is 5.68. The van der Waals surface area contributed by atoms with Gasteiger partial charge in [-0.05, 0) is 37.6 Å². The molecule has 1 aromatic rings. The molecule has 4 heteroatoms. The van der Waals surface area contributed by atoms with Crippen LogP contribution in [0, 0.1) is 11.8 Å². The molecular formula is C13H23N3O. The number of hydrogen-bond acceptors (Lipinski definition) is 4. The summed E-state index contributed by atoms with van der Waals surface area (Å²) in [5.41, 5.74) is 5.78. The van der Waals surface area contributed by atoms with E-state index in [4.69, 9.17) is 10.3 Å². The lowest BCUT2D eigenvalue weighted by Gasteiger charge is -2.21. The standard InChI is InChI=1S/C13H23N3O/c1-9(2)6-10(8-14)7-12-15-13(16-17-12)11-4-3-5-11/h9-11H,3-8,14H2,1-2H3. The summed E-state index contributed by atoms with van der Waals surface area (Å²) in [6.45, 7) is 5.13. The van der Waals surface area contributed by atoms with Crippen molar-refractivity contribution in [1.29, 1.82) is 0 Å². The van der Waals surface area contributed by atoms with Gasteiger partial charge in [-0.3, -0.25) is 0 Å². The highest BCUT2D eigenvalue weighted by atomic mass is 16.5. The molecule has 0 bridgehead atoms. The molecule has 1 atom stereocenters. The minimum absolute atomic E-state index is 0.463. The monoisotopic (exact) mass is 237 g/mol. The van der Waals surface area contributed by atoms with Gasteiger partial charge in [-0.2, -0.15) is 4.98 Å². The first kappa shape index (κ1) is 12.6. The summed E-state index contributed by atoms with van der Waals surface area (Å²) in [4.78, 5) is 4.49. The topological polar surface area (TPSA) is 64.9 Å². The Labute approximate surface area is 103 Å². The summed E-state index contributed by atoms with van der Waals surface area (Å²) in [7, 11) is 0. The summed E-state index contributed by atoms with van der Waals surface area (Å²) in [5.74, 6) is 3.35. The summed E-state index contributed by atoms with van der Waals surface area (Å²) in [6, 6.07) is 0. The second-order valence-electron chi connectivity index (χ2n) is 5.61. The van der Waals surface area contributed by atoms with Gasteiger partial charge in [-0.25, -0.2) is 0 Å². The third-order valence-electron chi connectivity index (χ3n) is 3.56. The summed E-state index contributed by atoms with van der Waals surface area (Å²) >= 11 is 0. The number of nitrogens with zero attached hydrogens (tertiary/aromatic N) is 2. The molecule has 0 radical (unpaired) electrons. The van der Waals surface area contributed by atoms with Gasteiger partial charge in [0.2, 0.25) is 5.89 Å². The first-order chi connectivity index (χ1) is 8.19. The molecule has 1 aliphatic rings. The van der Waals surface area contributed by atoms with E-state index in [0.717, 1.165) is 24.6 Å². The molecule has 2 N–H and O–H groups in total. The van der Waals surface area contributed by atoms with Crippen molar-refractivity contribution in [2.75, 3.05) is 6.54 Å². The lowest BCUT2D eigenvalue weighted by Crippen LogP contribution is -2.19. The van der Waals surface area contributed by atoms with Crippen molar-refractivity contribution in [3.8, 4) is 0 Å². The molecular weight excluding hydrogens is 214 g/mol. The largest absolute Gasteiger partial charge is 0.339 e. The molecule has 96 valence electrons. The fraction of sp³-hybridized carbons (Fsp3) is 0.846. The van der Waals surface area contributed by atoms with Crippen LogP contribution in [0.25, 0.3) is 0 Å². The zero-order valence-electron chi connectivity index (χ0n) is 10.9. The van der Waals surface area contributed by atoms with Gasteiger partial charge >= 0.3 is 0 Å². The van der Waals surface area contributed by atoms with Gasteiger partial charge in [0.25, 0.3) is 0 Å². The third kappa shape index (κ3) is 3.28. The fourth-order valence-corrected chi connectivity index (χ4v) is 2.36. The number of nitrogens with two attached hydrogens (primary N) is 1. The average molecular weight is 237 g/mol. The van der Waals surface area contributed by atoms with E-state index in [1.807, 2.05) is 0 Å². The van der Waals surface area contributed by atoms with Crippen LogP contribution in [0.5, 0.6) is 0 Å². The van der Waals surface area contributed by atoms with Crippen molar-refractivity contribution in [1.82, 2.24) is 10.1 Å². The van der Waals surface area contributed by atoms with Crippen molar-refractivity contribution in [2.45, 2.75) is 51.9 Å². The summed E-state index contributed by atoms with van der Waals surface area (Å²) in [5, 5.41) is 4.08. The molecule has 1 aromatic heterocycles. The van der Waals surface area contributed by atoms with Crippen LogP contribution in [0.3, 0.4) is 0 Å². The van der Waals surface area contributed by atoms with E-state index in [9.17, 15) is 0 Å². The Morgan fingerprint density at radius 1 is 1.41 bits per heavy atom. The molecule has 4 nitrogen and oxygen atoms in total. The maximum absolute atomic E-state index is 5.78. The molecule has 17 heavy (non-hydrogen) atoms. The Morgan fingerprint density at radius 2 is 2.18 bits per heavy atom. The molecule has 1 heterocycles. The van der Waals surface area contributed by atoms with Crippen LogP contribution in [0.1, 0.15) is 57.2 Å². The first-order valence-electron chi connectivity index (χ1n) is 6.71. The molecule has 0 aliphatic heterocycles. The van der Waals surface area contributed by atoms with Gasteiger partial charge in [0.05, 0.1) is 0 Å². The van der Waals surface area contributed by atoms with Crippen molar-refractivity contribution in [3.05, 3.63) is 11.7 Å². The Bertz CT molecular complexity index is 344. The van der Waals surface area contributed by atoms with Gasteiger partial charge in [0.1, 0.15) is 0 Å². The van der Waals surface area contributed by atoms with Crippen LogP contribution in [0.15, 0.2) is 4.52 Å². The van der Waals surface area contributed by atoms with Crippen LogP contribution in [0.2, 0.25) is 0 Å². The van der Waals surface area contributed by atoms with Gasteiger partial charge in [-0.15, -0.1) is 0 Å². The minimum atomic E-state index is 0.463. The second-order valence-corrected chi connectivity index (χ2v) is 5.61. The lowest BCUT2D eigenvalue weighted by atomic mass is 9.85. The Hall–Kier alpha value is -0.900. The molecule has 2 rings (SSSR count). The summed E-state index contributed by atoms with van der Waals surface area (Å²) < 4.78 is 5.32. The molecule has 0 spiro atoms. The lowest BCUT2D eigenvalue weighted by molar-refractivity contribution is 0.321. The van der Waals surface area contributed by atoms with E-state index in [-0.39, 0.29) is 0 Å². The highest BCUT2D eigenvalue weighted by Crippen LogP contribution is 2.34. The molecule has 0 amide bonds. The quantitative estimate of drug-likeness (QED) is 0.825. The first-order valence-corrected chi connectivity index (χ1v) is 6.71. The fourth-order valence-electron chi connectivity index (χ4n) is 2.36. The SMILES string of the molecule is CC(C)CC(CN)Cc1nc(C2CCC2)no1. The Morgan fingerprint density at radius 3 is 2.71 bits per heavy atom. The predicted octanol–water partition coefficient (Wildman–Crippen LogP) is 2.50. The predicted molar refractivity (Wildman–Crippen MR) is 66.6 cm³/mol. The van der Waals surface area contributed by atoms with Crippen LogP contribution in [-0.4, -0.2) is 16.7 Å². The van der Waals surface area contributed by atoms with E-state index in [2.05, 4.69) is 24.0 Å². The Kier molecular flexibility index (Phi) is 4.15. The molecule has 1 unspecified atom stereocenters. The maximum atomic E-state index is 5.78. The van der Waals surface area contributed by atoms with Gasteiger partial charge in [0.15, 0.2) is 5.82 Å². The van der Waals surface area contributed by atoms with Crippen LogP contribution >= 0.6 is 0 Å². The Balaban J connectivity index is 1.90. The van der Waals surface area contributed by atoms with E-state index in [1.54, 1.807) is 0 Å². The van der Waals surface area contributed by atoms with Crippen LogP contribution in [-0.2, 0) is 6.42 Å². The normalized spacial score (nSPS) is 18.4. The highest BCUT2D eigenvalue weighted by Gasteiger charge is 2.25. The van der Waals surface area contributed by atoms with Gasteiger partial charge < -0.3 is 10.3 Å². The number of rotatable bonds is 6. The second kappa shape index (κ2) is 5.63. The van der Waals surface area contributed by atoms with Gasteiger partial charge in [0, 0.05) is 12.3 Å². The van der Waals surface area contributed by atoms with Gasteiger partial charge in [-0.1, -0.05) is 25.4 Å². The van der Waals surface area contributed by atoms with E-state index < -0.39 is 0 Å². The molecule has 0 aromatic carbocycles. The maximum Gasteiger partial charge on any atom is 0.226 e. The molecule has 1 fully saturated rings. The number of hydrogen-bond donors (Lipinski definition) is 1. The zero-order valence-corrected chi connectivity index (χ0v) is 10.9. The molecule has 0 saturated heterocycles. The molecule has 1 aliphatic carbocycles. The highest BCUT2D eigenvalue weighted by molar-refractivity contribution is 5.00. The third-order valence-corrected chi connectivity index (χ3v) is 3.56. The van der Waals surface area contributed by atoms with Crippen LogP contribution < -0.4 is 5.73 Å². The van der Waals surface area contributed by atoms with Crippen LogP contribution in [0.4, 0.5) is 0 Å². The van der Waals surface area contributed by atoms with Crippen molar-refractivity contribution >= 4 is 0 Å². The molecule has 1 saturated carbocycles. The van der Waals surface area contributed by atoms with E-state index >= 15 is 0 Å². The zero-order chi connectivity index (χ0) is 12.3. The van der Waals surface area contributed by atoms with E-state index in [1.165, 1.54) is 19.3 Å². The average Bonchev–Trinajstić information content (AvgIpc) is 2.62. The smallest absolute Gasteiger partial charge is 0.226 e. The van der Waals surface area contributed by atoms with Crippen molar-refractivity contribution in [3.63, 3.8) is 0 Å². The van der Waals surface area contributed by atoms with Crippen molar-refractivity contribution in [2.24, 2.45) is 17.6 Å². The van der Waals surface area contributed by atoms with Crippen molar-refractivity contribution < 1.29 is 4.52 Å².